The lowest BCUT2D eigenvalue weighted by atomic mass is 10.3. The number of nitrogens with zero attached hydrogens (tertiary/aromatic N) is 3. The zero-order valence-electron chi connectivity index (χ0n) is 7.07. The Morgan fingerprint density at radius 3 is 3.00 bits per heavy atom. The van der Waals surface area contributed by atoms with Crippen LogP contribution < -0.4 is 5.73 Å². The highest BCUT2D eigenvalue weighted by atomic mass is 15.2. The fourth-order valence-electron chi connectivity index (χ4n) is 1.03. The molecule has 4 nitrogen and oxygen atoms in total. The first-order chi connectivity index (χ1) is 5.75. The molecule has 0 spiro atoms. The molecule has 0 amide bonds. The van der Waals surface area contributed by atoms with Crippen molar-refractivity contribution in [2.45, 2.75) is 18.9 Å². The van der Waals surface area contributed by atoms with Crippen LogP contribution in [0.5, 0.6) is 0 Å². The third-order valence-electron chi connectivity index (χ3n) is 1.87. The molecule has 0 saturated heterocycles. The second kappa shape index (κ2) is 2.62. The molecule has 2 N–H and O–H groups in total. The van der Waals surface area contributed by atoms with E-state index in [1.165, 1.54) is 12.8 Å². The van der Waals surface area contributed by atoms with E-state index in [2.05, 4.69) is 10.1 Å². The molecule has 64 valence electrons. The number of aryl methyl sites for hydroxylation is 1. The maximum absolute atomic E-state index is 5.75. The second-order valence-corrected chi connectivity index (χ2v) is 3.15. The maximum Gasteiger partial charge on any atom is 0.129 e. The summed E-state index contributed by atoms with van der Waals surface area (Å²) in [4.78, 5) is 4.31. The summed E-state index contributed by atoms with van der Waals surface area (Å²) in [7, 11) is 1.87. The van der Waals surface area contributed by atoms with E-state index in [1.54, 1.807) is 10.9 Å². The average molecular weight is 164 g/mol. The molecule has 1 saturated carbocycles. The normalized spacial score (nSPS) is 18.2. The standard InChI is InChI=1S/C8H12N4/c1-12-5-6(4-10-12)8(9)11-7-2-3-7/h4-5,7H,2-3H2,1H3,(H2,9,11). The predicted octanol–water partition coefficient (Wildman–Crippen LogP) is 0.288. The largest absolute Gasteiger partial charge is 0.383 e. The van der Waals surface area contributed by atoms with Gasteiger partial charge in [-0.15, -0.1) is 0 Å². The summed E-state index contributed by atoms with van der Waals surface area (Å²) in [5, 5.41) is 4.02. The minimum absolute atomic E-state index is 0.477. The van der Waals surface area contributed by atoms with Gasteiger partial charge in [0, 0.05) is 13.2 Å². The first-order valence-corrected chi connectivity index (χ1v) is 4.08. The van der Waals surface area contributed by atoms with Crippen molar-refractivity contribution in [2.75, 3.05) is 0 Å². The van der Waals surface area contributed by atoms with Gasteiger partial charge < -0.3 is 5.73 Å². The van der Waals surface area contributed by atoms with Gasteiger partial charge in [0.2, 0.25) is 0 Å². The van der Waals surface area contributed by atoms with Gasteiger partial charge in [0.25, 0.3) is 0 Å². The summed E-state index contributed by atoms with van der Waals surface area (Å²) in [6.07, 6.45) is 5.98. The van der Waals surface area contributed by atoms with E-state index in [1.807, 2.05) is 13.2 Å². The van der Waals surface area contributed by atoms with E-state index >= 15 is 0 Å². The number of hydrogen-bond donors (Lipinski definition) is 1. The lowest BCUT2D eigenvalue weighted by molar-refractivity contribution is 0.767. The van der Waals surface area contributed by atoms with Gasteiger partial charge in [-0.25, -0.2) is 0 Å². The molecule has 12 heavy (non-hydrogen) atoms. The van der Waals surface area contributed by atoms with Crippen molar-refractivity contribution in [2.24, 2.45) is 17.8 Å². The molecule has 1 aromatic heterocycles. The molecule has 1 aliphatic carbocycles. The van der Waals surface area contributed by atoms with Gasteiger partial charge in [-0.3, -0.25) is 9.67 Å². The highest BCUT2D eigenvalue weighted by Crippen LogP contribution is 2.23. The molecule has 1 aliphatic rings. The van der Waals surface area contributed by atoms with Gasteiger partial charge in [-0.1, -0.05) is 0 Å². The Hall–Kier alpha value is -1.32. The second-order valence-electron chi connectivity index (χ2n) is 3.15. The number of rotatable bonds is 2. The summed E-state index contributed by atoms with van der Waals surface area (Å²) in [5.41, 5.74) is 6.67. The van der Waals surface area contributed by atoms with Crippen LogP contribution in [0.3, 0.4) is 0 Å². The van der Waals surface area contributed by atoms with Crippen molar-refractivity contribution >= 4 is 5.84 Å². The summed E-state index contributed by atoms with van der Waals surface area (Å²) >= 11 is 0. The van der Waals surface area contributed by atoms with Crippen LogP contribution in [0.4, 0.5) is 0 Å². The van der Waals surface area contributed by atoms with Crippen molar-refractivity contribution in [1.29, 1.82) is 0 Å². The van der Waals surface area contributed by atoms with Crippen LogP contribution >= 0.6 is 0 Å². The first-order valence-electron chi connectivity index (χ1n) is 4.08. The van der Waals surface area contributed by atoms with Crippen molar-refractivity contribution in [3.8, 4) is 0 Å². The molecule has 1 aromatic rings. The number of nitrogens with two attached hydrogens (primary N) is 1. The number of aromatic nitrogens is 2. The van der Waals surface area contributed by atoms with Gasteiger partial charge >= 0.3 is 0 Å². The molecule has 2 rings (SSSR count). The fraction of sp³-hybridized carbons (Fsp3) is 0.500. The summed E-state index contributed by atoms with van der Waals surface area (Å²) < 4.78 is 1.73. The third-order valence-corrected chi connectivity index (χ3v) is 1.87. The first kappa shape index (κ1) is 7.34. The van der Waals surface area contributed by atoms with Crippen LogP contribution in [-0.4, -0.2) is 21.7 Å². The van der Waals surface area contributed by atoms with Gasteiger partial charge in [0.15, 0.2) is 0 Å². The molecule has 0 atom stereocenters. The van der Waals surface area contributed by atoms with E-state index in [0.717, 1.165) is 5.56 Å². The van der Waals surface area contributed by atoms with Crippen molar-refractivity contribution in [3.05, 3.63) is 18.0 Å². The summed E-state index contributed by atoms with van der Waals surface area (Å²) in [5.74, 6) is 0.616. The minimum atomic E-state index is 0.477. The van der Waals surface area contributed by atoms with Crippen LogP contribution in [0.1, 0.15) is 18.4 Å². The number of amidine groups is 1. The highest BCUT2D eigenvalue weighted by molar-refractivity contribution is 5.97. The van der Waals surface area contributed by atoms with Crippen molar-refractivity contribution in [1.82, 2.24) is 9.78 Å². The Kier molecular flexibility index (Phi) is 1.60. The zero-order chi connectivity index (χ0) is 8.55. The molecule has 0 unspecified atom stereocenters. The summed E-state index contributed by atoms with van der Waals surface area (Å²) in [6, 6.07) is 0.477. The van der Waals surface area contributed by atoms with E-state index in [-0.39, 0.29) is 0 Å². The van der Waals surface area contributed by atoms with E-state index in [9.17, 15) is 0 Å². The molecule has 0 aromatic carbocycles. The topological polar surface area (TPSA) is 56.2 Å². The minimum Gasteiger partial charge on any atom is -0.383 e. The van der Waals surface area contributed by atoms with E-state index < -0.39 is 0 Å². The molecule has 4 heteroatoms. The fourth-order valence-corrected chi connectivity index (χ4v) is 1.03. The summed E-state index contributed by atoms with van der Waals surface area (Å²) in [6.45, 7) is 0. The van der Waals surface area contributed by atoms with Gasteiger partial charge in [0.05, 0.1) is 17.8 Å². The van der Waals surface area contributed by atoms with Crippen LogP contribution in [0.15, 0.2) is 17.4 Å². The van der Waals surface area contributed by atoms with Gasteiger partial charge in [0.1, 0.15) is 5.84 Å². The predicted molar refractivity (Wildman–Crippen MR) is 47.0 cm³/mol. The highest BCUT2D eigenvalue weighted by Gasteiger charge is 2.20. The average Bonchev–Trinajstić information content (AvgIpc) is 2.72. The van der Waals surface area contributed by atoms with E-state index in [4.69, 9.17) is 5.73 Å². The smallest absolute Gasteiger partial charge is 0.129 e. The Balaban J connectivity index is 2.17. The monoisotopic (exact) mass is 164 g/mol. The third kappa shape index (κ3) is 1.47. The quantitative estimate of drug-likeness (QED) is 0.504. The molecule has 1 heterocycles. The lowest BCUT2D eigenvalue weighted by Crippen LogP contribution is -2.13. The molecule has 0 radical (unpaired) electrons. The Morgan fingerprint density at radius 1 is 1.75 bits per heavy atom. The van der Waals surface area contributed by atoms with E-state index in [0.29, 0.717) is 11.9 Å². The molecule has 1 fully saturated rings. The molecule has 0 bridgehead atoms. The van der Waals surface area contributed by atoms with Crippen LogP contribution in [0.25, 0.3) is 0 Å². The van der Waals surface area contributed by atoms with Gasteiger partial charge in [-0.05, 0) is 12.8 Å². The Labute approximate surface area is 71.1 Å². The number of hydrogen-bond acceptors (Lipinski definition) is 2. The van der Waals surface area contributed by atoms with Crippen LogP contribution in [0.2, 0.25) is 0 Å². The molecule has 0 aliphatic heterocycles. The Morgan fingerprint density at radius 2 is 2.50 bits per heavy atom. The van der Waals surface area contributed by atoms with Crippen LogP contribution in [-0.2, 0) is 7.05 Å². The van der Waals surface area contributed by atoms with Gasteiger partial charge in [-0.2, -0.15) is 5.10 Å². The zero-order valence-corrected chi connectivity index (χ0v) is 7.07. The lowest BCUT2D eigenvalue weighted by Gasteiger charge is -1.93. The van der Waals surface area contributed by atoms with Crippen molar-refractivity contribution < 1.29 is 0 Å². The molecular formula is C8H12N4. The Bertz CT molecular complexity index is 309. The maximum atomic E-state index is 5.75. The van der Waals surface area contributed by atoms with Crippen molar-refractivity contribution in [3.63, 3.8) is 0 Å². The van der Waals surface area contributed by atoms with Crippen LogP contribution in [0, 0.1) is 0 Å². The number of aliphatic imine (C=N–C) groups is 1. The SMILES string of the molecule is Cn1cc(C(N)=NC2CC2)cn1. The molecular weight excluding hydrogens is 152 g/mol.